The van der Waals surface area contributed by atoms with Gasteiger partial charge >= 0.3 is 0 Å². The van der Waals surface area contributed by atoms with Gasteiger partial charge in [0.25, 0.3) is 15.7 Å². The standard InChI is InChI=1S/C22H21N3O5S2/c26-22(23-15-16-31-19-11-5-2-6-12-19)17-24(18-9-3-1-4-10-18)32(29,30)21-14-8-7-13-20(21)25(27)28/h1-14H,15-17H2,(H,23,26). The Balaban J connectivity index is 1.77. The Morgan fingerprint density at radius 1 is 0.938 bits per heavy atom. The van der Waals surface area contributed by atoms with Crippen molar-refractivity contribution < 1.29 is 18.1 Å². The minimum Gasteiger partial charge on any atom is -0.354 e. The molecular weight excluding hydrogens is 450 g/mol. The van der Waals surface area contributed by atoms with E-state index in [-0.39, 0.29) is 5.69 Å². The van der Waals surface area contributed by atoms with E-state index in [1.54, 1.807) is 30.0 Å². The number of hydrogen-bond acceptors (Lipinski definition) is 6. The van der Waals surface area contributed by atoms with Crippen molar-refractivity contribution in [2.75, 3.05) is 23.1 Å². The highest BCUT2D eigenvalue weighted by atomic mass is 32.2. The largest absolute Gasteiger partial charge is 0.354 e. The van der Waals surface area contributed by atoms with E-state index in [0.29, 0.717) is 12.3 Å². The summed E-state index contributed by atoms with van der Waals surface area (Å²) in [5.41, 5.74) is -0.312. The van der Waals surface area contributed by atoms with Crippen LogP contribution in [-0.2, 0) is 14.8 Å². The number of hydrogen-bond donors (Lipinski definition) is 1. The molecule has 166 valence electrons. The van der Waals surface area contributed by atoms with Crippen LogP contribution < -0.4 is 9.62 Å². The first-order valence-corrected chi connectivity index (χ1v) is 12.1. The van der Waals surface area contributed by atoms with Gasteiger partial charge in [0.15, 0.2) is 4.90 Å². The summed E-state index contributed by atoms with van der Waals surface area (Å²) >= 11 is 1.56. The van der Waals surface area contributed by atoms with E-state index < -0.39 is 38.0 Å². The summed E-state index contributed by atoms with van der Waals surface area (Å²) in [6.45, 7) is -0.166. The minimum absolute atomic E-state index is 0.236. The van der Waals surface area contributed by atoms with Gasteiger partial charge in [-0.3, -0.25) is 19.2 Å². The molecule has 32 heavy (non-hydrogen) atoms. The molecule has 0 spiro atoms. The van der Waals surface area contributed by atoms with Crippen LogP contribution in [0.25, 0.3) is 0 Å². The lowest BCUT2D eigenvalue weighted by Gasteiger charge is -2.24. The Kier molecular flexibility index (Phi) is 7.85. The Labute approximate surface area is 190 Å². The molecule has 3 aromatic rings. The number of sulfonamides is 1. The lowest BCUT2D eigenvalue weighted by molar-refractivity contribution is -0.387. The van der Waals surface area contributed by atoms with E-state index in [9.17, 15) is 23.3 Å². The lowest BCUT2D eigenvalue weighted by atomic mass is 10.3. The fourth-order valence-electron chi connectivity index (χ4n) is 2.92. The summed E-state index contributed by atoms with van der Waals surface area (Å²) in [7, 11) is -4.37. The van der Waals surface area contributed by atoms with Gasteiger partial charge in [0.05, 0.1) is 10.6 Å². The molecule has 1 amide bonds. The number of carbonyl (C=O) groups excluding carboxylic acids is 1. The third kappa shape index (κ3) is 5.86. The van der Waals surface area contributed by atoms with Crippen LogP contribution in [-0.4, -0.2) is 38.1 Å². The Morgan fingerprint density at radius 2 is 1.53 bits per heavy atom. The smallest absolute Gasteiger partial charge is 0.289 e. The molecule has 0 saturated heterocycles. The van der Waals surface area contributed by atoms with Gasteiger partial charge in [-0.15, -0.1) is 11.8 Å². The number of para-hydroxylation sites is 2. The molecule has 0 bridgehead atoms. The summed E-state index contributed by atoms with van der Waals surface area (Å²) in [4.78, 5) is 23.8. The van der Waals surface area contributed by atoms with Gasteiger partial charge in [-0.1, -0.05) is 48.5 Å². The van der Waals surface area contributed by atoms with E-state index >= 15 is 0 Å². The first kappa shape index (κ1) is 23.3. The van der Waals surface area contributed by atoms with Crippen LogP contribution in [0.2, 0.25) is 0 Å². The Bertz CT molecular complexity index is 1170. The number of carbonyl (C=O) groups is 1. The number of nitro benzene ring substituents is 1. The molecule has 3 rings (SSSR count). The van der Waals surface area contributed by atoms with Gasteiger partial charge < -0.3 is 5.32 Å². The maximum absolute atomic E-state index is 13.3. The molecule has 0 atom stereocenters. The molecule has 0 unspecified atom stereocenters. The molecule has 8 nitrogen and oxygen atoms in total. The fraction of sp³-hybridized carbons (Fsp3) is 0.136. The highest BCUT2D eigenvalue weighted by Gasteiger charge is 2.32. The zero-order valence-electron chi connectivity index (χ0n) is 17.0. The Morgan fingerprint density at radius 3 is 2.19 bits per heavy atom. The van der Waals surface area contributed by atoms with Crippen LogP contribution in [0.5, 0.6) is 0 Å². The van der Waals surface area contributed by atoms with E-state index in [0.717, 1.165) is 21.3 Å². The fourth-order valence-corrected chi connectivity index (χ4v) is 5.29. The van der Waals surface area contributed by atoms with Crippen molar-refractivity contribution in [2.45, 2.75) is 9.79 Å². The average Bonchev–Trinajstić information content (AvgIpc) is 2.81. The number of amides is 1. The maximum Gasteiger partial charge on any atom is 0.289 e. The SMILES string of the molecule is O=C(CN(c1ccccc1)S(=O)(=O)c1ccccc1[N+](=O)[O-])NCCSc1ccccc1. The molecule has 1 N–H and O–H groups in total. The number of nitro groups is 1. The van der Waals surface area contributed by atoms with Gasteiger partial charge in [0.2, 0.25) is 5.91 Å². The highest BCUT2D eigenvalue weighted by molar-refractivity contribution is 7.99. The summed E-state index contributed by atoms with van der Waals surface area (Å²) in [5, 5.41) is 14.1. The van der Waals surface area contributed by atoms with Crippen molar-refractivity contribution in [3.8, 4) is 0 Å². The van der Waals surface area contributed by atoms with Crippen LogP contribution in [0.3, 0.4) is 0 Å². The Hall–Kier alpha value is -3.37. The number of nitrogens with one attached hydrogen (secondary N) is 1. The number of nitrogens with zero attached hydrogens (tertiary/aromatic N) is 2. The molecule has 0 aliphatic carbocycles. The van der Waals surface area contributed by atoms with E-state index in [4.69, 9.17) is 0 Å². The first-order chi connectivity index (χ1) is 15.4. The predicted molar refractivity (Wildman–Crippen MR) is 124 cm³/mol. The molecule has 0 aromatic heterocycles. The predicted octanol–water partition coefficient (Wildman–Crippen LogP) is 3.70. The molecule has 0 saturated carbocycles. The molecule has 10 heteroatoms. The summed E-state index contributed by atoms with van der Waals surface area (Å²) in [6.07, 6.45) is 0. The second kappa shape index (κ2) is 10.8. The topological polar surface area (TPSA) is 110 Å². The monoisotopic (exact) mass is 471 g/mol. The van der Waals surface area contributed by atoms with Crippen molar-refractivity contribution >= 4 is 39.1 Å². The zero-order chi connectivity index (χ0) is 23.0. The highest BCUT2D eigenvalue weighted by Crippen LogP contribution is 2.29. The molecule has 0 radical (unpaired) electrons. The number of benzene rings is 3. The van der Waals surface area contributed by atoms with Crippen LogP contribution in [0, 0.1) is 10.1 Å². The summed E-state index contributed by atoms with van der Waals surface area (Å²) in [6, 6.07) is 22.8. The lowest BCUT2D eigenvalue weighted by Crippen LogP contribution is -2.41. The second-order valence-corrected chi connectivity index (χ2v) is 9.58. The quantitative estimate of drug-likeness (QED) is 0.209. The van der Waals surface area contributed by atoms with Crippen LogP contribution in [0.4, 0.5) is 11.4 Å². The van der Waals surface area contributed by atoms with Crippen molar-refractivity contribution in [2.24, 2.45) is 0 Å². The molecule has 0 fully saturated rings. The normalized spacial score (nSPS) is 11.0. The van der Waals surface area contributed by atoms with E-state index in [1.807, 2.05) is 30.3 Å². The van der Waals surface area contributed by atoms with Gasteiger partial charge in [-0.05, 0) is 30.3 Å². The molecule has 3 aromatic carbocycles. The van der Waals surface area contributed by atoms with Crippen LogP contribution in [0.15, 0.2) is 94.7 Å². The molecular formula is C22H21N3O5S2. The second-order valence-electron chi connectivity index (χ2n) is 6.58. The molecule has 0 aliphatic heterocycles. The van der Waals surface area contributed by atoms with Crippen LogP contribution >= 0.6 is 11.8 Å². The zero-order valence-corrected chi connectivity index (χ0v) is 18.6. The van der Waals surface area contributed by atoms with Crippen LogP contribution in [0.1, 0.15) is 0 Å². The van der Waals surface area contributed by atoms with Gasteiger partial charge in [-0.25, -0.2) is 8.42 Å². The number of rotatable bonds is 10. The van der Waals surface area contributed by atoms with Crippen molar-refractivity contribution in [1.82, 2.24) is 5.32 Å². The minimum atomic E-state index is -4.37. The third-order valence-electron chi connectivity index (χ3n) is 4.40. The average molecular weight is 472 g/mol. The van der Waals surface area contributed by atoms with Gasteiger partial charge in [0, 0.05) is 23.3 Å². The van der Waals surface area contributed by atoms with Crippen molar-refractivity contribution in [3.63, 3.8) is 0 Å². The van der Waals surface area contributed by atoms with Crippen molar-refractivity contribution in [1.29, 1.82) is 0 Å². The first-order valence-electron chi connectivity index (χ1n) is 9.65. The number of thioether (sulfide) groups is 1. The maximum atomic E-state index is 13.3. The van der Waals surface area contributed by atoms with Gasteiger partial charge in [-0.2, -0.15) is 0 Å². The third-order valence-corrected chi connectivity index (χ3v) is 7.23. The number of anilines is 1. The summed E-state index contributed by atoms with van der Waals surface area (Å²) < 4.78 is 27.6. The van der Waals surface area contributed by atoms with Crippen molar-refractivity contribution in [3.05, 3.63) is 95.0 Å². The van der Waals surface area contributed by atoms with E-state index in [2.05, 4.69) is 5.32 Å². The van der Waals surface area contributed by atoms with E-state index in [1.165, 1.54) is 24.3 Å². The van der Waals surface area contributed by atoms with Gasteiger partial charge in [0.1, 0.15) is 6.54 Å². The summed E-state index contributed by atoms with van der Waals surface area (Å²) in [5.74, 6) is 0.0996. The molecule has 0 heterocycles. The molecule has 0 aliphatic rings.